The quantitative estimate of drug-likeness (QED) is 0.695. The average molecular weight is 170 g/mol. The second-order valence-electron chi connectivity index (χ2n) is 3.83. The number of ketones is 1. The lowest BCUT2D eigenvalue weighted by molar-refractivity contribution is -0.137. The molecule has 1 aliphatic rings. The molecule has 1 saturated carbocycles. The summed E-state index contributed by atoms with van der Waals surface area (Å²) in [6.07, 6.45) is 0.122. The molecule has 0 radical (unpaired) electrons. The van der Waals surface area contributed by atoms with E-state index in [1.807, 2.05) is 13.8 Å². The molecule has 3 nitrogen and oxygen atoms in total. The first kappa shape index (κ1) is 9.23. The van der Waals surface area contributed by atoms with E-state index in [1.165, 1.54) is 0 Å². The van der Waals surface area contributed by atoms with Crippen molar-refractivity contribution in [2.45, 2.75) is 27.2 Å². The molecule has 0 amide bonds. The zero-order valence-corrected chi connectivity index (χ0v) is 7.63. The van der Waals surface area contributed by atoms with Crippen molar-refractivity contribution in [1.82, 2.24) is 0 Å². The fourth-order valence-corrected chi connectivity index (χ4v) is 1.99. The van der Waals surface area contributed by atoms with Crippen LogP contribution in [0.1, 0.15) is 27.2 Å². The van der Waals surface area contributed by atoms with Crippen LogP contribution in [-0.4, -0.2) is 16.9 Å². The van der Waals surface area contributed by atoms with E-state index < -0.39 is 5.97 Å². The Morgan fingerprint density at radius 1 is 1.50 bits per heavy atom. The van der Waals surface area contributed by atoms with Crippen molar-refractivity contribution in [3.05, 3.63) is 0 Å². The van der Waals surface area contributed by atoms with E-state index in [1.54, 1.807) is 6.92 Å². The molecule has 3 atom stereocenters. The number of carbonyl (C=O) groups is 2. The van der Waals surface area contributed by atoms with Gasteiger partial charge in [-0.1, -0.05) is 13.8 Å². The van der Waals surface area contributed by atoms with Crippen molar-refractivity contribution < 1.29 is 14.7 Å². The molecule has 0 aromatic carbocycles. The van der Waals surface area contributed by atoms with E-state index in [4.69, 9.17) is 5.11 Å². The molecule has 0 aliphatic heterocycles. The van der Waals surface area contributed by atoms with E-state index in [0.717, 1.165) is 0 Å². The maximum atomic E-state index is 11.1. The summed E-state index contributed by atoms with van der Waals surface area (Å²) in [4.78, 5) is 21.5. The van der Waals surface area contributed by atoms with Gasteiger partial charge in [-0.05, 0) is 18.8 Å². The number of aliphatic carboxylic acids is 1. The van der Waals surface area contributed by atoms with Crippen molar-refractivity contribution in [1.29, 1.82) is 0 Å². The van der Waals surface area contributed by atoms with Gasteiger partial charge in [0.25, 0.3) is 0 Å². The Hall–Kier alpha value is -0.860. The maximum absolute atomic E-state index is 11.1. The van der Waals surface area contributed by atoms with Crippen LogP contribution in [0.3, 0.4) is 0 Å². The predicted molar refractivity (Wildman–Crippen MR) is 43.7 cm³/mol. The van der Waals surface area contributed by atoms with Crippen LogP contribution < -0.4 is 0 Å². The molecule has 1 fully saturated rings. The molecule has 0 aromatic rings. The molecule has 0 heterocycles. The Labute approximate surface area is 71.8 Å². The van der Waals surface area contributed by atoms with Crippen LogP contribution in [-0.2, 0) is 9.59 Å². The largest absolute Gasteiger partial charge is 0.481 e. The third kappa shape index (κ3) is 1.13. The number of carboxylic acids is 1. The Morgan fingerprint density at radius 2 is 2.00 bits per heavy atom. The molecule has 0 spiro atoms. The molecule has 0 saturated heterocycles. The third-order valence-corrected chi connectivity index (χ3v) is 3.36. The lowest BCUT2D eigenvalue weighted by Gasteiger charge is -2.03. The minimum atomic E-state index is -0.808. The topological polar surface area (TPSA) is 54.4 Å². The van der Waals surface area contributed by atoms with Gasteiger partial charge < -0.3 is 5.11 Å². The summed E-state index contributed by atoms with van der Waals surface area (Å²) >= 11 is 0. The zero-order valence-electron chi connectivity index (χ0n) is 7.63. The minimum Gasteiger partial charge on any atom is -0.481 e. The predicted octanol–water partition coefficient (Wildman–Crippen LogP) is 1.32. The van der Waals surface area contributed by atoms with Gasteiger partial charge in [0.05, 0.1) is 0 Å². The fourth-order valence-electron chi connectivity index (χ4n) is 1.99. The summed E-state index contributed by atoms with van der Waals surface area (Å²) in [5.41, 5.74) is -0.363. The molecule has 0 bridgehead atoms. The van der Waals surface area contributed by atoms with Crippen molar-refractivity contribution in [2.75, 3.05) is 0 Å². The SMILES string of the molecule is CC(=O)[C@@]1(C)[C@@H](C)[C@@H]1CC(=O)O. The number of hydrogen-bond donors (Lipinski definition) is 1. The molecule has 68 valence electrons. The number of rotatable bonds is 3. The summed E-state index contributed by atoms with van der Waals surface area (Å²) in [5, 5.41) is 8.54. The van der Waals surface area contributed by atoms with Crippen molar-refractivity contribution >= 4 is 11.8 Å². The molecule has 3 heteroatoms. The smallest absolute Gasteiger partial charge is 0.303 e. The standard InChI is InChI=1S/C9H14O3/c1-5-7(4-8(11)12)9(5,3)6(2)10/h5,7H,4H2,1-3H3,(H,11,12)/t5-,7-,9+/m0/s1. The second kappa shape index (κ2) is 2.57. The van der Waals surface area contributed by atoms with Gasteiger partial charge in [-0.25, -0.2) is 0 Å². The van der Waals surface area contributed by atoms with Crippen LogP contribution in [0.4, 0.5) is 0 Å². The molecule has 12 heavy (non-hydrogen) atoms. The van der Waals surface area contributed by atoms with Gasteiger partial charge in [0.1, 0.15) is 5.78 Å². The van der Waals surface area contributed by atoms with Crippen LogP contribution >= 0.6 is 0 Å². The average Bonchev–Trinajstić information content (AvgIpc) is 2.41. The number of carbonyl (C=O) groups excluding carboxylic acids is 1. The van der Waals surface area contributed by atoms with Gasteiger partial charge in [0.15, 0.2) is 0 Å². The summed E-state index contributed by atoms with van der Waals surface area (Å²) in [5.74, 6) is -0.420. The Bertz CT molecular complexity index is 234. The van der Waals surface area contributed by atoms with Crippen LogP contribution in [0, 0.1) is 17.3 Å². The fraction of sp³-hybridized carbons (Fsp3) is 0.778. The number of Topliss-reactive ketones (excluding diaryl/α,β-unsaturated/α-hetero) is 1. The van der Waals surface area contributed by atoms with E-state index in [0.29, 0.717) is 0 Å². The summed E-state index contributed by atoms with van der Waals surface area (Å²) in [7, 11) is 0. The molecular weight excluding hydrogens is 156 g/mol. The van der Waals surface area contributed by atoms with Crippen LogP contribution in [0.15, 0.2) is 0 Å². The third-order valence-electron chi connectivity index (χ3n) is 3.36. The molecule has 1 aliphatic carbocycles. The van der Waals surface area contributed by atoms with Crippen LogP contribution in [0.25, 0.3) is 0 Å². The Balaban J connectivity index is 2.63. The van der Waals surface area contributed by atoms with Crippen molar-refractivity contribution in [2.24, 2.45) is 17.3 Å². The highest BCUT2D eigenvalue weighted by molar-refractivity contribution is 5.87. The van der Waals surface area contributed by atoms with Crippen molar-refractivity contribution in [3.8, 4) is 0 Å². The van der Waals surface area contributed by atoms with Crippen LogP contribution in [0.5, 0.6) is 0 Å². The number of hydrogen-bond acceptors (Lipinski definition) is 2. The first-order valence-electron chi connectivity index (χ1n) is 4.13. The monoisotopic (exact) mass is 170 g/mol. The van der Waals surface area contributed by atoms with Gasteiger partial charge in [-0.2, -0.15) is 0 Å². The van der Waals surface area contributed by atoms with Gasteiger partial charge in [0.2, 0.25) is 0 Å². The second-order valence-corrected chi connectivity index (χ2v) is 3.83. The summed E-state index contributed by atoms with van der Waals surface area (Å²) in [6.45, 7) is 5.33. The maximum Gasteiger partial charge on any atom is 0.303 e. The van der Waals surface area contributed by atoms with E-state index in [9.17, 15) is 9.59 Å². The lowest BCUT2D eigenvalue weighted by Crippen LogP contribution is -2.12. The van der Waals surface area contributed by atoms with Crippen molar-refractivity contribution in [3.63, 3.8) is 0 Å². The van der Waals surface area contributed by atoms with E-state index in [-0.39, 0.29) is 29.5 Å². The molecular formula is C9H14O3. The summed E-state index contributed by atoms with van der Waals surface area (Å²) in [6, 6.07) is 0. The van der Waals surface area contributed by atoms with Gasteiger partial charge in [-0.3, -0.25) is 9.59 Å². The lowest BCUT2D eigenvalue weighted by atomic mass is 9.99. The first-order valence-corrected chi connectivity index (χ1v) is 4.13. The molecule has 1 N–H and O–H groups in total. The summed E-state index contributed by atoms with van der Waals surface area (Å²) < 4.78 is 0. The van der Waals surface area contributed by atoms with Gasteiger partial charge in [-0.15, -0.1) is 0 Å². The Kier molecular flexibility index (Phi) is 1.98. The highest BCUT2D eigenvalue weighted by Gasteiger charge is 2.61. The highest BCUT2D eigenvalue weighted by atomic mass is 16.4. The normalized spacial score (nSPS) is 39.2. The minimum absolute atomic E-state index is 0.0486. The Morgan fingerprint density at radius 3 is 2.25 bits per heavy atom. The molecule has 0 unspecified atom stereocenters. The molecule has 1 rings (SSSR count). The van der Waals surface area contributed by atoms with Gasteiger partial charge >= 0.3 is 5.97 Å². The van der Waals surface area contributed by atoms with E-state index in [2.05, 4.69) is 0 Å². The van der Waals surface area contributed by atoms with Crippen LogP contribution in [0.2, 0.25) is 0 Å². The number of carboxylic acid groups (broad SMARTS) is 1. The highest BCUT2D eigenvalue weighted by Crippen LogP contribution is 2.60. The van der Waals surface area contributed by atoms with Gasteiger partial charge in [0, 0.05) is 11.8 Å². The van der Waals surface area contributed by atoms with E-state index >= 15 is 0 Å². The zero-order chi connectivity index (χ0) is 9.52. The molecule has 0 aromatic heterocycles. The first-order chi connectivity index (χ1) is 5.40.